The van der Waals surface area contributed by atoms with Crippen molar-refractivity contribution in [1.29, 1.82) is 0 Å². The van der Waals surface area contributed by atoms with Gasteiger partial charge in [0, 0.05) is 40.0 Å². The van der Waals surface area contributed by atoms with E-state index in [1.165, 1.54) is 0 Å². The van der Waals surface area contributed by atoms with Crippen LogP contribution in [0, 0.1) is 11.3 Å². The van der Waals surface area contributed by atoms with E-state index >= 15 is 0 Å². The summed E-state index contributed by atoms with van der Waals surface area (Å²) in [6, 6.07) is 0.0441. The number of amides is 2. The molecule has 1 fully saturated rings. The fourth-order valence-electron chi connectivity index (χ4n) is 2.49. The van der Waals surface area contributed by atoms with E-state index in [2.05, 4.69) is 5.32 Å². The molecule has 2 amide bonds. The van der Waals surface area contributed by atoms with Crippen LogP contribution >= 0.6 is 0 Å². The molecule has 20 heavy (non-hydrogen) atoms. The summed E-state index contributed by atoms with van der Waals surface area (Å²) in [5.74, 6) is 0.592. The molecule has 0 aromatic carbocycles. The van der Waals surface area contributed by atoms with Crippen LogP contribution in [0.25, 0.3) is 0 Å². The van der Waals surface area contributed by atoms with Gasteiger partial charge in [-0.05, 0) is 37.0 Å². The first kappa shape index (κ1) is 17.2. The number of carbonyl (C=O) groups excluding carboxylic acids is 1. The number of piperidine rings is 1. The lowest BCUT2D eigenvalue weighted by atomic mass is 9.89. The molecule has 118 valence electrons. The molecule has 0 bridgehead atoms. The van der Waals surface area contributed by atoms with Crippen LogP contribution in [0.2, 0.25) is 0 Å². The summed E-state index contributed by atoms with van der Waals surface area (Å²) < 4.78 is 5.16. The van der Waals surface area contributed by atoms with Gasteiger partial charge in [0.15, 0.2) is 0 Å². The highest BCUT2D eigenvalue weighted by atomic mass is 16.5. The molecule has 1 aliphatic rings. The van der Waals surface area contributed by atoms with Gasteiger partial charge in [0.05, 0.1) is 0 Å². The summed E-state index contributed by atoms with van der Waals surface area (Å²) in [6.07, 6.45) is 3.87. The van der Waals surface area contributed by atoms with Crippen molar-refractivity contribution < 1.29 is 14.6 Å². The topological polar surface area (TPSA) is 61.8 Å². The number of nitrogens with zero attached hydrogens (tertiary/aromatic N) is 1. The monoisotopic (exact) mass is 286 g/mol. The van der Waals surface area contributed by atoms with Crippen LogP contribution in [-0.4, -0.2) is 56.0 Å². The first-order chi connectivity index (χ1) is 9.48. The number of likely N-dealkylation sites (tertiary alicyclic amines) is 1. The molecule has 1 aliphatic heterocycles. The third kappa shape index (κ3) is 6.09. The molecule has 5 nitrogen and oxygen atoms in total. The molecule has 0 saturated carbocycles. The van der Waals surface area contributed by atoms with Gasteiger partial charge in [-0.2, -0.15) is 0 Å². The Morgan fingerprint density at radius 2 is 2.05 bits per heavy atom. The van der Waals surface area contributed by atoms with E-state index in [1.54, 1.807) is 7.11 Å². The Labute approximate surface area is 122 Å². The molecule has 0 aliphatic carbocycles. The maximum Gasteiger partial charge on any atom is 0.317 e. The van der Waals surface area contributed by atoms with Crippen LogP contribution < -0.4 is 5.32 Å². The number of nitrogens with one attached hydrogen (secondary N) is 1. The number of methoxy groups -OCH3 is 1. The Morgan fingerprint density at radius 3 is 2.60 bits per heavy atom. The Kier molecular flexibility index (Phi) is 7.30. The number of rotatable bonds is 7. The van der Waals surface area contributed by atoms with Gasteiger partial charge >= 0.3 is 6.03 Å². The molecule has 0 unspecified atom stereocenters. The van der Waals surface area contributed by atoms with E-state index in [1.807, 2.05) is 18.7 Å². The maximum atomic E-state index is 12.0. The third-order valence-corrected chi connectivity index (χ3v) is 4.04. The van der Waals surface area contributed by atoms with E-state index in [0.29, 0.717) is 12.5 Å². The molecule has 1 rings (SSSR count). The molecule has 1 heterocycles. The molecular weight excluding hydrogens is 256 g/mol. The lowest BCUT2D eigenvalue weighted by molar-refractivity contribution is 0.107. The van der Waals surface area contributed by atoms with E-state index in [9.17, 15) is 4.79 Å². The number of aliphatic hydroxyl groups excluding tert-OH is 1. The second-order valence-corrected chi connectivity index (χ2v) is 6.54. The van der Waals surface area contributed by atoms with Crippen molar-refractivity contribution in [2.75, 3.05) is 40.0 Å². The predicted octanol–water partition coefficient (Wildman–Crippen LogP) is 1.85. The summed E-state index contributed by atoms with van der Waals surface area (Å²) >= 11 is 0. The minimum atomic E-state index is -0.0524. The first-order valence-electron chi connectivity index (χ1n) is 7.61. The highest BCUT2D eigenvalue weighted by molar-refractivity contribution is 5.74. The average molecular weight is 286 g/mol. The molecule has 2 N–H and O–H groups in total. The Hall–Kier alpha value is -0.810. The van der Waals surface area contributed by atoms with Gasteiger partial charge in [0.2, 0.25) is 0 Å². The molecule has 0 atom stereocenters. The van der Waals surface area contributed by atoms with Crippen molar-refractivity contribution in [1.82, 2.24) is 10.2 Å². The van der Waals surface area contributed by atoms with E-state index in [4.69, 9.17) is 9.84 Å². The second kappa shape index (κ2) is 8.47. The fourth-order valence-corrected chi connectivity index (χ4v) is 2.49. The standard InChI is InChI=1S/C15H30N2O3/c1-15(2,12-18)7-4-8-16-14(19)17-9-5-13(6-10-17)11-20-3/h13,18H,4-12H2,1-3H3,(H,16,19). The molecule has 0 aromatic heterocycles. The van der Waals surface area contributed by atoms with Crippen LogP contribution in [0.5, 0.6) is 0 Å². The second-order valence-electron chi connectivity index (χ2n) is 6.54. The smallest absolute Gasteiger partial charge is 0.317 e. The van der Waals surface area contributed by atoms with Gasteiger partial charge in [-0.25, -0.2) is 4.79 Å². The van der Waals surface area contributed by atoms with Crippen LogP contribution in [-0.2, 0) is 4.74 Å². The number of hydrogen-bond acceptors (Lipinski definition) is 3. The summed E-state index contributed by atoms with van der Waals surface area (Å²) in [6.45, 7) is 7.38. The van der Waals surface area contributed by atoms with E-state index in [-0.39, 0.29) is 18.1 Å². The predicted molar refractivity (Wildman–Crippen MR) is 79.7 cm³/mol. The Balaban J connectivity index is 2.15. The number of ether oxygens (including phenoxy) is 1. The van der Waals surface area contributed by atoms with Gasteiger partial charge < -0.3 is 20.1 Å². The molecule has 0 aromatic rings. The number of hydrogen-bond donors (Lipinski definition) is 2. The van der Waals surface area contributed by atoms with Crippen molar-refractivity contribution in [3.63, 3.8) is 0 Å². The molecule has 0 radical (unpaired) electrons. The minimum absolute atomic E-state index is 0.0441. The Bertz CT molecular complexity index is 287. The van der Waals surface area contributed by atoms with E-state index in [0.717, 1.165) is 45.4 Å². The SMILES string of the molecule is COCC1CCN(C(=O)NCCCC(C)(C)CO)CC1. The van der Waals surface area contributed by atoms with Crippen molar-refractivity contribution in [2.24, 2.45) is 11.3 Å². The van der Waals surface area contributed by atoms with Crippen molar-refractivity contribution in [2.45, 2.75) is 39.5 Å². The lowest BCUT2D eigenvalue weighted by Crippen LogP contribution is -2.45. The number of aliphatic hydroxyl groups is 1. The molecule has 1 saturated heterocycles. The van der Waals surface area contributed by atoms with Gasteiger partial charge in [-0.3, -0.25) is 0 Å². The number of urea groups is 1. The molecular formula is C15H30N2O3. The highest BCUT2D eigenvalue weighted by Crippen LogP contribution is 2.20. The zero-order valence-corrected chi connectivity index (χ0v) is 13.2. The average Bonchev–Trinajstić information content (AvgIpc) is 2.44. The van der Waals surface area contributed by atoms with Crippen molar-refractivity contribution >= 4 is 6.03 Å². The summed E-state index contributed by atoms with van der Waals surface area (Å²) in [5.41, 5.74) is -0.0524. The van der Waals surface area contributed by atoms with Crippen molar-refractivity contribution in [3.8, 4) is 0 Å². The van der Waals surface area contributed by atoms with Gasteiger partial charge in [0.1, 0.15) is 0 Å². The van der Waals surface area contributed by atoms with Crippen LogP contribution in [0.3, 0.4) is 0 Å². The zero-order valence-electron chi connectivity index (χ0n) is 13.2. The zero-order chi connectivity index (χ0) is 15.0. The largest absolute Gasteiger partial charge is 0.396 e. The normalized spacial score (nSPS) is 17.3. The van der Waals surface area contributed by atoms with Crippen molar-refractivity contribution in [3.05, 3.63) is 0 Å². The van der Waals surface area contributed by atoms with Crippen LogP contribution in [0.15, 0.2) is 0 Å². The first-order valence-corrected chi connectivity index (χ1v) is 7.61. The van der Waals surface area contributed by atoms with E-state index < -0.39 is 0 Å². The van der Waals surface area contributed by atoms with Crippen LogP contribution in [0.4, 0.5) is 4.79 Å². The molecule has 0 spiro atoms. The number of carbonyl (C=O) groups is 1. The summed E-state index contributed by atoms with van der Waals surface area (Å²) in [7, 11) is 1.73. The van der Waals surface area contributed by atoms with Gasteiger partial charge in [-0.1, -0.05) is 13.8 Å². The van der Waals surface area contributed by atoms with Gasteiger partial charge in [0.25, 0.3) is 0 Å². The lowest BCUT2D eigenvalue weighted by Gasteiger charge is -2.31. The quantitative estimate of drug-likeness (QED) is 0.702. The fraction of sp³-hybridized carbons (Fsp3) is 0.933. The highest BCUT2D eigenvalue weighted by Gasteiger charge is 2.22. The summed E-state index contributed by atoms with van der Waals surface area (Å²) in [5, 5.41) is 12.1. The van der Waals surface area contributed by atoms with Gasteiger partial charge in [-0.15, -0.1) is 0 Å². The Morgan fingerprint density at radius 1 is 1.40 bits per heavy atom. The third-order valence-electron chi connectivity index (χ3n) is 4.04. The summed E-state index contributed by atoms with van der Waals surface area (Å²) in [4.78, 5) is 13.9. The maximum absolute atomic E-state index is 12.0. The molecule has 5 heteroatoms. The van der Waals surface area contributed by atoms with Crippen LogP contribution in [0.1, 0.15) is 39.5 Å². The minimum Gasteiger partial charge on any atom is -0.396 e.